The van der Waals surface area contributed by atoms with Crippen LogP contribution in [0, 0.1) is 12.3 Å². The predicted molar refractivity (Wildman–Crippen MR) is 110 cm³/mol. The fraction of sp³-hybridized carbons (Fsp3) is 0.409. The molecule has 0 aliphatic heterocycles. The number of hydrogen-bond acceptors (Lipinski definition) is 4. The third-order valence-electron chi connectivity index (χ3n) is 5.07. The van der Waals surface area contributed by atoms with Crippen LogP contribution in [0.25, 0.3) is 11.3 Å². The molecule has 2 aromatic heterocycles. The van der Waals surface area contributed by atoms with E-state index in [0.29, 0.717) is 12.2 Å². The molecule has 0 unspecified atom stereocenters. The quantitative estimate of drug-likeness (QED) is 0.702. The zero-order chi connectivity index (χ0) is 20.5. The molecule has 0 aliphatic rings. The first-order valence-corrected chi connectivity index (χ1v) is 9.46. The van der Waals surface area contributed by atoms with E-state index in [4.69, 9.17) is 0 Å². The first-order valence-electron chi connectivity index (χ1n) is 9.46. The summed E-state index contributed by atoms with van der Waals surface area (Å²) in [4.78, 5) is 11.7. The molecule has 0 fully saturated rings. The van der Waals surface area contributed by atoms with Gasteiger partial charge in [0.25, 0.3) is 0 Å². The van der Waals surface area contributed by atoms with Crippen LogP contribution in [0.15, 0.2) is 53.6 Å². The summed E-state index contributed by atoms with van der Waals surface area (Å²) in [6.45, 7) is 11.1. The van der Waals surface area contributed by atoms with E-state index in [1.54, 1.807) is 13.1 Å². The second-order valence-corrected chi connectivity index (χ2v) is 8.80. The summed E-state index contributed by atoms with van der Waals surface area (Å²) in [5, 5.41) is 18.6. The van der Waals surface area contributed by atoms with Crippen LogP contribution >= 0.6 is 0 Å². The summed E-state index contributed by atoms with van der Waals surface area (Å²) >= 11 is 0. The lowest BCUT2D eigenvalue weighted by Gasteiger charge is -2.38. The molecule has 3 aromatic rings. The number of rotatable bonds is 6. The van der Waals surface area contributed by atoms with Crippen molar-refractivity contribution < 1.29 is 5.11 Å². The van der Waals surface area contributed by atoms with Gasteiger partial charge in [0.1, 0.15) is 5.69 Å². The van der Waals surface area contributed by atoms with Crippen molar-refractivity contribution >= 4 is 0 Å². The van der Waals surface area contributed by atoms with Crippen LogP contribution in [0.4, 0.5) is 0 Å². The van der Waals surface area contributed by atoms with Crippen LogP contribution in [0.1, 0.15) is 39.8 Å². The Kier molecular flexibility index (Phi) is 5.15. The van der Waals surface area contributed by atoms with Crippen molar-refractivity contribution in [1.82, 2.24) is 19.6 Å². The van der Waals surface area contributed by atoms with Gasteiger partial charge in [-0.25, -0.2) is 0 Å². The molecule has 0 bridgehead atoms. The smallest absolute Gasteiger partial charge is 0.223 e. The van der Waals surface area contributed by atoms with Crippen molar-refractivity contribution in [2.45, 2.75) is 53.1 Å². The van der Waals surface area contributed by atoms with Crippen molar-refractivity contribution in [3.63, 3.8) is 0 Å². The molecule has 0 atom stereocenters. The molecule has 6 heteroatoms. The van der Waals surface area contributed by atoms with E-state index in [0.717, 1.165) is 17.7 Å². The largest absolute Gasteiger partial charge is 0.503 e. The molecule has 0 spiro atoms. The van der Waals surface area contributed by atoms with Gasteiger partial charge in [0.05, 0.1) is 11.9 Å². The van der Waals surface area contributed by atoms with E-state index in [1.165, 1.54) is 6.07 Å². The zero-order valence-corrected chi connectivity index (χ0v) is 17.2. The van der Waals surface area contributed by atoms with Gasteiger partial charge in [-0.1, -0.05) is 49.4 Å². The molecule has 2 heterocycles. The van der Waals surface area contributed by atoms with Gasteiger partial charge in [-0.15, -0.1) is 5.10 Å². The van der Waals surface area contributed by atoms with Crippen LogP contribution in [-0.4, -0.2) is 24.7 Å². The molecule has 0 aliphatic carbocycles. The minimum Gasteiger partial charge on any atom is -0.503 e. The lowest BCUT2D eigenvalue weighted by molar-refractivity contribution is 0.164. The average molecular weight is 380 g/mol. The van der Waals surface area contributed by atoms with Gasteiger partial charge >= 0.3 is 0 Å². The van der Waals surface area contributed by atoms with Gasteiger partial charge < -0.3 is 9.67 Å². The maximum atomic E-state index is 11.7. The maximum Gasteiger partial charge on any atom is 0.223 e. The first kappa shape index (κ1) is 19.9. The van der Waals surface area contributed by atoms with Gasteiger partial charge in [0, 0.05) is 29.9 Å². The number of aromatic nitrogens is 4. The Labute approximate surface area is 165 Å². The monoisotopic (exact) mass is 380 g/mol. The molecule has 0 saturated carbocycles. The van der Waals surface area contributed by atoms with Crippen molar-refractivity contribution in [2.24, 2.45) is 5.41 Å². The fourth-order valence-corrected chi connectivity index (χ4v) is 4.15. The van der Waals surface area contributed by atoms with Gasteiger partial charge in [0.15, 0.2) is 5.75 Å². The Bertz CT molecular complexity index is 1020. The van der Waals surface area contributed by atoms with Gasteiger partial charge in [0.2, 0.25) is 5.43 Å². The van der Waals surface area contributed by atoms with Crippen LogP contribution in [0.5, 0.6) is 5.75 Å². The summed E-state index contributed by atoms with van der Waals surface area (Å²) in [6.07, 6.45) is 4.56. The second kappa shape index (κ2) is 7.26. The third-order valence-corrected chi connectivity index (χ3v) is 5.07. The fourth-order valence-electron chi connectivity index (χ4n) is 4.15. The number of aromatic hydroxyl groups is 1. The van der Waals surface area contributed by atoms with E-state index < -0.39 is 0 Å². The standard InChI is InChI=1S/C22H28N4O2/c1-16-20(28)19(27)11-12-26(16)22(4,5)14-21(2,3)15-25-13-18(23-24-25)17-9-7-6-8-10-17/h6-13,28H,14-15H2,1-5H3. The van der Waals surface area contributed by atoms with Crippen LogP contribution in [0.3, 0.4) is 0 Å². The van der Waals surface area contributed by atoms with Crippen molar-refractivity contribution in [2.75, 3.05) is 0 Å². The molecule has 1 N–H and O–H groups in total. The first-order chi connectivity index (χ1) is 13.1. The summed E-state index contributed by atoms with van der Waals surface area (Å²) in [5.41, 5.74) is 1.76. The molecular formula is C22H28N4O2. The second-order valence-electron chi connectivity index (χ2n) is 8.80. The van der Waals surface area contributed by atoms with Crippen LogP contribution < -0.4 is 5.43 Å². The molecule has 0 saturated heterocycles. The van der Waals surface area contributed by atoms with E-state index in [1.807, 2.05) is 45.8 Å². The Morgan fingerprint density at radius 3 is 2.43 bits per heavy atom. The molecule has 6 nitrogen and oxygen atoms in total. The van der Waals surface area contributed by atoms with Crippen molar-refractivity contribution in [3.8, 4) is 17.0 Å². The van der Waals surface area contributed by atoms with E-state index in [9.17, 15) is 9.90 Å². The Morgan fingerprint density at radius 2 is 1.75 bits per heavy atom. The number of hydrogen-bond donors (Lipinski definition) is 1. The molecule has 0 amide bonds. The lowest BCUT2D eigenvalue weighted by atomic mass is 9.79. The van der Waals surface area contributed by atoms with Crippen LogP contribution in [-0.2, 0) is 12.1 Å². The molecule has 0 radical (unpaired) electrons. The van der Waals surface area contributed by atoms with Crippen molar-refractivity contribution in [1.29, 1.82) is 0 Å². The highest BCUT2D eigenvalue weighted by Crippen LogP contribution is 2.35. The van der Waals surface area contributed by atoms with Gasteiger partial charge in [-0.3, -0.25) is 9.48 Å². The minimum absolute atomic E-state index is 0.0870. The molecule has 3 rings (SSSR count). The normalized spacial score (nSPS) is 12.3. The van der Waals surface area contributed by atoms with Gasteiger partial charge in [-0.05, 0) is 32.6 Å². The number of nitrogens with zero attached hydrogens (tertiary/aromatic N) is 4. The highest BCUT2D eigenvalue weighted by molar-refractivity contribution is 5.57. The molecule has 148 valence electrons. The summed E-state index contributed by atoms with van der Waals surface area (Å²) in [6, 6.07) is 11.4. The maximum absolute atomic E-state index is 11.7. The Hall–Kier alpha value is -2.89. The molecule has 1 aromatic carbocycles. The molecular weight excluding hydrogens is 352 g/mol. The lowest BCUT2D eigenvalue weighted by Crippen LogP contribution is -2.36. The SMILES string of the molecule is Cc1c(O)c(=O)ccn1C(C)(C)CC(C)(C)Cn1cc(-c2ccccc2)nn1. The van der Waals surface area contributed by atoms with E-state index in [-0.39, 0.29) is 22.1 Å². The topological polar surface area (TPSA) is 72.9 Å². The highest BCUT2D eigenvalue weighted by Gasteiger charge is 2.32. The third kappa shape index (κ3) is 4.16. The van der Waals surface area contributed by atoms with Crippen LogP contribution in [0.2, 0.25) is 0 Å². The number of benzene rings is 1. The zero-order valence-electron chi connectivity index (χ0n) is 17.2. The number of pyridine rings is 1. The Morgan fingerprint density at radius 1 is 1.07 bits per heavy atom. The van der Waals surface area contributed by atoms with E-state index in [2.05, 4.69) is 38.0 Å². The Balaban J connectivity index is 1.79. The van der Waals surface area contributed by atoms with E-state index >= 15 is 0 Å². The summed E-state index contributed by atoms with van der Waals surface area (Å²) in [5.74, 6) is -0.183. The average Bonchev–Trinajstić information content (AvgIpc) is 3.07. The minimum atomic E-state index is -0.347. The molecule has 28 heavy (non-hydrogen) atoms. The summed E-state index contributed by atoms with van der Waals surface area (Å²) in [7, 11) is 0. The van der Waals surface area contributed by atoms with Crippen molar-refractivity contribution in [3.05, 3.63) is 64.7 Å². The predicted octanol–water partition coefficient (Wildman–Crippen LogP) is 3.97. The summed E-state index contributed by atoms with van der Waals surface area (Å²) < 4.78 is 3.86. The highest BCUT2D eigenvalue weighted by atomic mass is 16.3. The van der Waals surface area contributed by atoms with Gasteiger partial charge in [-0.2, -0.15) is 0 Å².